The largest absolute Gasteiger partial charge is 0.412 e. The zero-order valence-electron chi connectivity index (χ0n) is 13.9. The Labute approximate surface area is 135 Å². The van der Waals surface area contributed by atoms with Crippen molar-refractivity contribution in [3.05, 3.63) is 12.7 Å². The molecule has 0 aromatic heterocycles. The Kier molecular flexibility index (Phi) is 39.1. The van der Waals surface area contributed by atoms with Gasteiger partial charge in [-0.05, 0) is 19.3 Å². The van der Waals surface area contributed by atoms with Gasteiger partial charge in [-0.1, -0.05) is 6.08 Å². The number of aliphatic hydroxyl groups excluding tert-OH is 4. The van der Waals surface area contributed by atoms with Crippen LogP contribution in [0.5, 0.6) is 0 Å². The van der Waals surface area contributed by atoms with E-state index in [9.17, 15) is 0 Å². The molecule has 1 aliphatic heterocycles. The Morgan fingerprint density at radius 1 is 1.14 bits per heavy atom. The number of hydrogen-bond acceptors (Lipinski definition) is 7. The molecule has 0 aliphatic carbocycles. The van der Waals surface area contributed by atoms with Crippen molar-refractivity contribution in [1.29, 1.82) is 1.28 Å². The zero-order valence-corrected chi connectivity index (χ0v) is 13.8. The van der Waals surface area contributed by atoms with Crippen molar-refractivity contribution in [3.8, 4) is 0 Å². The first-order chi connectivity index (χ1) is 10.7. The van der Waals surface area contributed by atoms with E-state index >= 15 is 0 Å². The molecule has 1 aliphatic rings. The molecule has 6 N–H and O–H groups in total. The van der Waals surface area contributed by atoms with E-state index < -0.39 is 9.06 Å². The highest BCUT2D eigenvalue weighted by Crippen LogP contribution is 2.06. The van der Waals surface area contributed by atoms with E-state index in [1.807, 2.05) is 0 Å². The van der Waals surface area contributed by atoms with Gasteiger partial charge in [0.2, 0.25) is 0 Å². The van der Waals surface area contributed by atoms with E-state index in [1.165, 1.54) is 0 Å². The van der Waals surface area contributed by atoms with Crippen LogP contribution in [0.2, 0.25) is 0 Å². The third-order valence-corrected chi connectivity index (χ3v) is 1.91. The second kappa shape index (κ2) is 32.5. The molecule has 0 spiro atoms. The molecule has 1 rings (SSSR count). The standard InChI is InChI=1S/C6H12O3.C4H8O.C3H8O2.HOP.H2O/c7-3-2-6-8-4-1-5-9-6;1-2-3-4-5;4-2-1-3-5;1-2;/h6-7H,1-5H2;2,5H,1,3-4H2;4-5H,1-3H2;2H;1H2/i;;;2D;. The maximum atomic E-state index is 8.57. The molecule has 136 valence electrons. The fraction of sp³-hybridized carbons (Fsp3) is 0.846. The summed E-state index contributed by atoms with van der Waals surface area (Å²) in [5.74, 6) is 0. The van der Waals surface area contributed by atoms with Gasteiger partial charge in [0.25, 0.3) is 0 Å². The summed E-state index contributed by atoms with van der Waals surface area (Å²) in [5.41, 5.74) is 0. The average molecular weight is 347 g/mol. The Morgan fingerprint density at radius 2 is 1.64 bits per heavy atom. The average Bonchev–Trinajstić information content (AvgIpc) is 2.52. The highest BCUT2D eigenvalue weighted by molar-refractivity contribution is 7.00. The molecule has 1 saturated heterocycles. The minimum atomic E-state index is -0.583. The van der Waals surface area contributed by atoms with Gasteiger partial charge >= 0.3 is 0 Å². The van der Waals surface area contributed by atoms with Gasteiger partial charge in [0.15, 0.2) is 6.29 Å². The lowest BCUT2D eigenvalue weighted by molar-refractivity contribution is -0.184. The fourth-order valence-corrected chi connectivity index (χ4v) is 0.971. The molecule has 0 aromatic rings. The van der Waals surface area contributed by atoms with Crippen LogP contribution in [0.15, 0.2) is 12.7 Å². The third-order valence-electron chi connectivity index (χ3n) is 1.91. The molecule has 0 bridgehead atoms. The van der Waals surface area contributed by atoms with Crippen LogP contribution in [0.3, 0.4) is 0 Å². The Bertz CT molecular complexity index is 202. The van der Waals surface area contributed by atoms with E-state index in [2.05, 4.69) is 6.58 Å². The van der Waals surface area contributed by atoms with Gasteiger partial charge in [-0.25, -0.2) is 0 Å². The minimum absolute atomic E-state index is 0. The van der Waals surface area contributed by atoms with Gasteiger partial charge in [0, 0.05) is 32.8 Å². The van der Waals surface area contributed by atoms with Crippen LogP contribution in [0.4, 0.5) is 0 Å². The SMILES string of the molecule is C=CCCO.O.OCCC1OCCCO1.OCCCO.[2H]P=O. The van der Waals surface area contributed by atoms with E-state index in [4.69, 9.17) is 35.7 Å². The molecule has 0 radical (unpaired) electrons. The number of rotatable bonds is 6. The van der Waals surface area contributed by atoms with Crippen LogP contribution in [-0.2, 0) is 14.0 Å². The molecule has 0 amide bonds. The highest BCUT2D eigenvalue weighted by atomic mass is 31.0. The molecule has 1 heterocycles. The summed E-state index contributed by atoms with van der Waals surface area (Å²) in [4.78, 5) is 0. The summed E-state index contributed by atoms with van der Waals surface area (Å²) in [6.45, 7) is 5.48. The van der Waals surface area contributed by atoms with Crippen molar-refractivity contribution in [1.82, 2.24) is 0 Å². The Morgan fingerprint density at radius 3 is 1.86 bits per heavy atom. The lowest BCUT2D eigenvalue weighted by atomic mass is 10.4. The van der Waals surface area contributed by atoms with Gasteiger partial charge < -0.3 is 35.4 Å². The summed E-state index contributed by atoms with van der Waals surface area (Å²) >= 11 is 0. The van der Waals surface area contributed by atoms with Gasteiger partial charge in [-0.3, -0.25) is 4.57 Å². The van der Waals surface area contributed by atoms with E-state index in [-0.39, 0.29) is 38.2 Å². The zero-order chi connectivity index (χ0) is 17.5. The van der Waals surface area contributed by atoms with Crippen molar-refractivity contribution < 1.29 is 39.9 Å². The monoisotopic (exact) mass is 347 g/mol. The lowest BCUT2D eigenvalue weighted by Gasteiger charge is -2.21. The second-order valence-corrected chi connectivity index (χ2v) is 3.64. The van der Waals surface area contributed by atoms with Crippen molar-refractivity contribution in [3.63, 3.8) is 0 Å². The predicted molar refractivity (Wildman–Crippen MR) is 85.3 cm³/mol. The lowest BCUT2D eigenvalue weighted by Crippen LogP contribution is -2.25. The normalized spacial score (nSPS) is 13.7. The summed E-state index contributed by atoms with van der Waals surface area (Å²) in [5, 5.41) is 32.3. The van der Waals surface area contributed by atoms with Crippen molar-refractivity contribution >= 4 is 9.06 Å². The van der Waals surface area contributed by atoms with Crippen molar-refractivity contribution in [2.45, 2.75) is 32.0 Å². The third kappa shape index (κ3) is 31.8. The fourth-order valence-electron chi connectivity index (χ4n) is 0.971. The molecule has 9 heteroatoms. The van der Waals surface area contributed by atoms with E-state index in [0.717, 1.165) is 19.6 Å². The minimum Gasteiger partial charge on any atom is -0.412 e. The smallest absolute Gasteiger partial charge is 0.159 e. The van der Waals surface area contributed by atoms with Crippen LogP contribution < -0.4 is 0 Å². The first-order valence-corrected chi connectivity index (χ1v) is 7.09. The Balaban J connectivity index is -0.000000113. The molecule has 1 fully saturated rings. The summed E-state index contributed by atoms with van der Waals surface area (Å²) in [6.07, 6.45) is 4.31. The number of aliphatic hydroxyl groups is 4. The molecular weight excluding hydrogens is 315 g/mol. The maximum Gasteiger partial charge on any atom is 0.159 e. The van der Waals surface area contributed by atoms with Gasteiger partial charge in [-0.15, -0.1) is 6.58 Å². The molecule has 0 saturated carbocycles. The molecule has 22 heavy (non-hydrogen) atoms. The summed E-state index contributed by atoms with van der Waals surface area (Å²) in [6, 6.07) is 0. The summed E-state index contributed by atoms with van der Waals surface area (Å²) < 4.78 is 24.5. The van der Waals surface area contributed by atoms with Crippen LogP contribution >= 0.6 is 9.06 Å². The first-order valence-electron chi connectivity index (χ1n) is 7.17. The van der Waals surface area contributed by atoms with Crippen LogP contribution in [0.1, 0.15) is 25.7 Å². The van der Waals surface area contributed by atoms with Crippen molar-refractivity contribution in [2.75, 3.05) is 39.6 Å². The van der Waals surface area contributed by atoms with Gasteiger partial charge in [0.1, 0.15) is 10.3 Å². The van der Waals surface area contributed by atoms with Crippen molar-refractivity contribution in [2.24, 2.45) is 0 Å². The highest BCUT2D eigenvalue weighted by Gasteiger charge is 2.12. The molecule has 0 aromatic carbocycles. The predicted octanol–water partition coefficient (Wildman–Crippen LogP) is -0.302. The van der Waals surface area contributed by atoms with Gasteiger partial charge in [-0.2, -0.15) is 0 Å². The second-order valence-electron chi connectivity index (χ2n) is 3.64. The number of hydrogen-bond donors (Lipinski definition) is 4. The van der Waals surface area contributed by atoms with Gasteiger partial charge in [0.05, 0.1) is 13.2 Å². The molecule has 8 nitrogen and oxygen atoms in total. The van der Waals surface area contributed by atoms with E-state index in [1.54, 1.807) is 6.08 Å². The van der Waals surface area contributed by atoms with Crippen LogP contribution in [-0.4, -0.2) is 73.1 Å². The quantitative estimate of drug-likeness (QED) is 0.381. The number of ether oxygens (including phenoxy) is 2. The summed E-state index contributed by atoms with van der Waals surface area (Å²) in [7, 11) is -0.583. The maximum absolute atomic E-state index is 8.57. The topological polar surface area (TPSA) is 148 Å². The van der Waals surface area contributed by atoms with Crippen LogP contribution in [0.25, 0.3) is 0 Å². The Hall–Kier alpha value is -0.440. The van der Waals surface area contributed by atoms with Crippen LogP contribution in [0, 0.1) is 0 Å². The molecule has 0 atom stereocenters. The van der Waals surface area contributed by atoms with E-state index in [0.29, 0.717) is 19.3 Å². The first kappa shape index (κ1) is 26.5. The molecule has 0 unspecified atom stereocenters. The molecular formula is C13H31O8P.